The second kappa shape index (κ2) is 4.30. The van der Waals surface area contributed by atoms with E-state index < -0.39 is 6.04 Å². The van der Waals surface area contributed by atoms with Crippen molar-refractivity contribution in [3.8, 4) is 0 Å². The zero-order chi connectivity index (χ0) is 11.6. The smallest absolute Gasteiger partial charge is 0.237 e. The Morgan fingerprint density at radius 2 is 1.64 bits per heavy atom. The molecule has 0 bridgehead atoms. The molecule has 0 heterocycles. The molecule has 0 unspecified atom stereocenters. The topological polar surface area (TPSA) is 55.1 Å². The molecule has 3 nitrogen and oxygen atoms in total. The molecule has 0 aromatic carbocycles. The quantitative estimate of drug-likeness (QED) is 0.710. The lowest BCUT2D eigenvalue weighted by molar-refractivity contribution is -0.124. The van der Waals surface area contributed by atoms with Crippen LogP contribution >= 0.6 is 0 Å². The van der Waals surface area contributed by atoms with E-state index in [0.29, 0.717) is 6.54 Å². The van der Waals surface area contributed by atoms with Gasteiger partial charge in [0.05, 0.1) is 6.04 Å². The van der Waals surface area contributed by atoms with Gasteiger partial charge >= 0.3 is 0 Å². The van der Waals surface area contributed by atoms with Crippen LogP contribution in [0.25, 0.3) is 0 Å². The molecule has 3 N–H and O–H groups in total. The lowest BCUT2D eigenvalue weighted by Gasteiger charge is -2.27. The highest BCUT2D eigenvalue weighted by Gasteiger charge is 2.27. The van der Waals surface area contributed by atoms with Crippen LogP contribution in [0.1, 0.15) is 41.5 Å². The van der Waals surface area contributed by atoms with E-state index >= 15 is 0 Å². The van der Waals surface area contributed by atoms with Crippen molar-refractivity contribution in [1.29, 1.82) is 0 Å². The van der Waals surface area contributed by atoms with E-state index in [2.05, 4.69) is 26.1 Å². The monoisotopic (exact) mass is 200 g/mol. The fourth-order valence-corrected chi connectivity index (χ4v) is 0.856. The first kappa shape index (κ1) is 13.4. The van der Waals surface area contributed by atoms with Crippen LogP contribution in [-0.4, -0.2) is 18.5 Å². The van der Waals surface area contributed by atoms with Crippen LogP contribution in [0, 0.1) is 10.8 Å². The molecule has 14 heavy (non-hydrogen) atoms. The predicted molar refractivity (Wildman–Crippen MR) is 59.9 cm³/mol. The highest BCUT2D eigenvalue weighted by atomic mass is 16.2. The number of carbonyl (C=O) groups excluding carboxylic acids is 1. The lowest BCUT2D eigenvalue weighted by atomic mass is 9.86. The second-order valence-electron chi connectivity index (χ2n) is 6.12. The summed E-state index contributed by atoms with van der Waals surface area (Å²) < 4.78 is 0. The van der Waals surface area contributed by atoms with Gasteiger partial charge in [-0.15, -0.1) is 0 Å². The summed E-state index contributed by atoms with van der Waals surface area (Å²) in [6.45, 7) is 12.8. The summed E-state index contributed by atoms with van der Waals surface area (Å²) in [7, 11) is 0. The van der Waals surface area contributed by atoms with Crippen molar-refractivity contribution in [2.24, 2.45) is 16.6 Å². The number of rotatable bonds is 2. The van der Waals surface area contributed by atoms with E-state index in [0.717, 1.165) is 0 Å². The van der Waals surface area contributed by atoms with E-state index in [4.69, 9.17) is 5.73 Å². The standard InChI is InChI=1S/C11H24N2O/c1-10(2,3)7-13-9(14)8(12)11(4,5)6/h8H,7,12H2,1-6H3,(H,13,14)/t8-/m0/s1. The van der Waals surface area contributed by atoms with Gasteiger partial charge in [-0.1, -0.05) is 41.5 Å². The summed E-state index contributed by atoms with van der Waals surface area (Å²) in [6.07, 6.45) is 0. The predicted octanol–water partition coefficient (Wildman–Crippen LogP) is 1.52. The molecule has 0 rings (SSSR count). The van der Waals surface area contributed by atoms with Crippen LogP contribution in [0.3, 0.4) is 0 Å². The molecule has 0 aliphatic carbocycles. The molecule has 0 fully saturated rings. The van der Waals surface area contributed by atoms with Gasteiger partial charge in [-0.05, 0) is 10.8 Å². The number of nitrogens with two attached hydrogens (primary N) is 1. The van der Waals surface area contributed by atoms with Crippen molar-refractivity contribution in [3.05, 3.63) is 0 Å². The molecular weight excluding hydrogens is 176 g/mol. The minimum absolute atomic E-state index is 0.0626. The average Bonchev–Trinajstić information content (AvgIpc) is 1.95. The highest BCUT2D eigenvalue weighted by molar-refractivity contribution is 5.82. The molecule has 0 saturated heterocycles. The molecule has 84 valence electrons. The molecule has 0 radical (unpaired) electrons. The Bertz CT molecular complexity index is 198. The van der Waals surface area contributed by atoms with E-state index in [1.807, 2.05) is 20.8 Å². The summed E-state index contributed by atoms with van der Waals surface area (Å²) in [5, 5.41) is 2.86. The zero-order valence-electron chi connectivity index (χ0n) is 10.3. The molecular formula is C11H24N2O. The summed E-state index contributed by atoms with van der Waals surface area (Å²) >= 11 is 0. The molecule has 0 aromatic rings. The van der Waals surface area contributed by atoms with Gasteiger partial charge in [-0.3, -0.25) is 4.79 Å². The van der Waals surface area contributed by atoms with Gasteiger partial charge in [-0.25, -0.2) is 0 Å². The molecule has 1 atom stereocenters. The van der Waals surface area contributed by atoms with Crippen molar-refractivity contribution >= 4 is 5.91 Å². The minimum Gasteiger partial charge on any atom is -0.354 e. The van der Waals surface area contributed by atoms with E-state index in [1.165, 1.54) is 0 Å². The largest absolute Gasteiger partial charge is 0.354 e. The Morgan fingerprint density at radius 1 is 1.21 bits per heavy atom. The molecule has 0 saturated carbocycles. The number of hydrogen-bond acceptors (Lipinski definition) is 2. The fourth-order valence-electron chi connectivity index (χ4n) is 0.856. The maximum Gasteiger partial charge on any atom is 0.237 e. The van der Waals surface area contributed by atoms with Crippen LogP contribution in [0.5, 0.6) is 0 Å². The Balaban J connectivity index is 4.11. The van der Waals surface area contributed by atoms with Crippen LogP contribution in [0.4, 0.5) is 0 Å². The average molecular weight is 200 g/mol. The minimum atomic E-state index is -0.440. The van der Waals surface area contributed by atoms with Gasteiger partial charge in [0.15, 0.2) is 0 Å². The van der Waals surface area contributed by atoms with Gasteiger partial charge in [0.1, 0.15) is 0 Å². The Kier molecular flexibility index (Phi) is 4.13. The maximum absolute atomic E-state index is 11.6. The van der Waals surface area contributed by atoms with Gasteiger partial charge < -0.3 is 11.1 Å². The van der Waals surface area contributed by atoms with Crippen molar-refractivity contribution in [2.75, 3.05) is 6.54 Å². The van der Waals surface area contributed by atoms with Gasteiger partial charge in [-0.2, -0.15) is 0 Å². The Morgan fingerprint density at radius 3 is 1.93 bits per heavy atom. The van der Waals surface area contributed by atoms with Crippen molar-refractivity contribution in [3.63, 3.8) is 0 Å². The summed E-state index contributed by atoms with van der Waals surface area (Å²) in [5.74, 6) is -0.0626. The molecule has 0 aliphatic rings. The first-order valence-corrected chi connectivity index (χ1v) is 5.07. The van der Waals surface area contributed by atoms with E-state index in [1.54, 1.807) is 0 Å². The van der Waals surface area contributed by atoms with Crippen LogP contribution < -0.4 is 11.1 Å². The first-order chi connectivity index (χ1) is 6.04. The summed E-state index contributed by atoms with van der Waals surface area (Å²) in [6, 6.07) is -0.440. The van der Waals surface area contributed by atoms with Crippen molar-refractivity contribution in [2.45, 2.75) is 47.6 Å². The number of nitrogens with one attached hydrogen (secondary N) is 1. The molecule has 0 spiro atoms. The summed E-state index contributed by atoms with van der Waals surface area (Å²) in [5.41, 5.74) is 5.74. The Hall–Kier alpha value is -0.570. The number of amides is 1. The lowest BCUT2D eigenvalue weighted by Crippen LogP contribution is -2.50. The molecule has 1 amide bonds. The first-order valence-electron chi connectivity index (χ1n) is 5.07. The highest BCUT2D eigenvalue weighted by Crippen LogP contribution is 2.17. The van der Waals surface area contributed by atoms with E-state index in [-0.39, 0.29) is 16.7 Å². The second-order valence-corrected chi connectivity index (χ2v) is 6.12. The van der Waals surface area contributed by atoms with Crippen LogP contribution in [0.2, 0.25) is 0 Å². The fraction of sp³-hybridized carbons (Fsp3) is 0.909. The Labute approximate surface area is 87.4 Å². The summed E-state index contributed by atoms with van der Waals surface area (Å²) in [4.78, 5) is 11.6. The van der Waals surface area contributed by atoms with E-state index in [9.17, 15) is 4.79 Å². The third-order valence-electron chi connectivity index (χ3n) is 2.01. The van der Waals surface area contributed by atoms with Gasteiger partial charge in [0.2, 0.25) is 5.91 Å². The number of hydrogen-bond donors (Lipinski definition) is 2. The van der Waals surface area contributed by atoms with Crippen LogP contribution in [0.15, 0.2) is 0 Å². The SMILES string of the molecule is CC(C)(C)CNC(=O)[C@H](N)C(C)(C)C. The zero-order valence-corrected chi connectivity index (χ0v) is 10.3. The maximum atomic E-state index is 11.6. The number of carbonyl (C=O) groups is 1. The van der Waals surface area contributed by atoms with Gasteiger partial charge in [0.25, 0.3) is 0 Å². The van der Waals surface area contributed by atoms with Crippen molar-refractivity contribution < 1.29 is 4.79 Å². The molecule has 0 aliphatic heterocycles. The molecule has 0 aromatic heterocycles. The van der Waals surface area contributed by atoms with Gasteiger partial charge in [0, 0.05) is 6.54 Å². The third-order valence-corrected chi connectivity index (χ3v) is 2.01. The normalized spacial score (nSPS) is 15.1. The third kappa shape index (κ3) is 5.22. The van der Waals surface area contributed by atoms with Crippen molar-refractivity contribution in [1.82, 2.24) is 5.32 Å². The van der Waals surface area contributed by atoms with Crippen LogP contribution in [-0.2, 0) is 4.79 Å². The molecule has 3 heteroatoms.